The number of anilines is 2. The monoisotopic (exact) mass is 289 g/mol. The van der Waals surface area contributed by atoms with E-state index in [2.05, 4.69) is 11.0 Å². The molecule has 5 nitrogen and oxygen atoms in total. The largest absolute Gasteiger partial charge is 0.399 e. The molecule has 1 aromatic rings. The van der Waals surface area contributed by atoms with Gasteiger partial charge in [0, 0.05) is 44.2 Å². The lowest BCUT2D eigenvalue weighted by Gasteiger charge is -2.39. The van der Waals surface area contributed by atoms with Crippen molar-refractivity contribution in [2.75, 3.05) is 43.4 Å². The highest BCUT2D eigenvalue weighted by atomic mass is 16.5. The second-order valence-electron chi connectivity index (χ2n) is 6.06. The molecule has 3 rings (SSSR count). The van der Waals surface area contributed by atoms with Gasteiger partial charge in [-0.3, -0.25) is 4.79 Å². The predicted molar refractivity (Wildman–Crippen MR) is 83.2 cm³/mol. The van der Waals surface area contributed by atoms with Crippen molar-refractivity contribution in [1.29, 1.82) is 0 Å². The van der Waals surface area contributed by atoms with Crippen molar-refractivity contribution >= 4 is 17.3 Å². The van der Waals surface area contributed by atoms with Crippen LogP contribution in [-0.4, -0.2) is 49.2 Å². The van der Waals surface area contributed by atoms with Crippen LogP contribution in [0, 0.1) is 0 Å². The zero-order chi connectivity index (χ0) is 14.9. The average Bonchev–Trinajstić information content (AvgIpc) is 2.95. The van der Waals surface area contributed by atoms with E-state index in [4.69, 9.17) is 10.5 Å². The molecule has 2 heterocycles. The van der Waals surface area contributed by atoms with E-state index in [1.807, 2.05) is 30.0 Å². The van der Waals surface area contributed by atoms with Crippen molar-refractivity contribution in [2.45, 2.75) is 25.4 Å². The number of ether oxygens (including phenoxy) is 1. The van der Waals surface area contributed by atoms with Gasteiger partial charge in [0.05, 0.1) is 0 Å². The highest BCUT2D eigenvalue weighted by molar-refractivity contribution is 5.85. The molecule has 5 heteroatoms. The van der Waals surface area contributed by atoms with Crippen molar-refractivity contribution < 1.29 is 9.53 Å². The molecule has 1 amide bonds. The summed E-state index contributed by atoms with van der Waals surface area (Å²) in [6.45, 7) is 5.79. The quantitative estimate of drug-likeness (QED) is 0.838. The summed E-state index contributed by atoms with van der Waals surface area (Å²) in [6, 6.07) is 7.91. The third kappa shape index (κ3) is 2.83. The van der Waals surface area contributed by atoms with E-state index in [9.17, 15) is 4.79 Å². The number of piperazine rings is 1. The van der Waals surface area contributed by atoms with Crippen LogP contribution in [0.2, 0.25) is 0 Å². The first-order valence-electron chi connectivity index (χ1n) is 7.62. The fourth-order valence-corrected chi connectivity index (χ4v) is 3.17. The van der Waals surface area contributed by atoms with Crippen LogP contribution in [-0.2, 0) is 9.53 Å². The van der Waals surface area contributed by atoms with Crippen molar-refractivity contribution in [2.24, 2.45) is 0 Å². The first-order valence-corrected chi connectivity index (χ1v) is 7.62. The SMILES string of the molecule is CC1(C(=O)N2CCN(c3cccc(N)c3)CC2)CCCO1. The fraction of sp³-hybridized carbons (Fsp3) is 0.562. The van der Waals surface area contributed by atoms with Crippen LogP contribution < -0.4 is 10.6 Å². The molecule has 21 heavy (non-hydrogen) atoms. The molecule has 114 valence electrons. The van der Waals surface area contributed by atoms with Crippen molar-refractivity contribution in [3.05, 3.63) is 24.3 Å². The van der Waals surface area contributed by atoms with Crippen molar-refractivity contribution in [3.63, 3.8) is 0 Å². The summed E-state index contributed by atoms with van der Waals surface area (Å²) in [5.74, 6) is 0.146. The minimum Gasteiger partial charge on any atom is -0.399 e. The Morgan fingerprint density at radius 2 is 2.05 bits per heavy atom. The number of benzene rings is 1. The molecule has 2 N–H and O–H groups in total. The van der Waals surface area contributed by atoms with Crippen LogP contribution >= 0.6 is 0 Å². The van der Waals surface area contributed by atoms with Gasteiger partial charge in [0.1, 0.15) is 5.60 Å². The number of carbonyl (C=O) groups is 1. The lowest BCUT2D eigenvalue weighted by molar-refractivity contribution is -0.151. The lowest BCUT2D eigenvalue weighted by Crippen LogP contribution is -2.54. The molecule has 1 unspecified atom stereocenters. The average molecular weight is 289 g/mol. The van der Waals surface area contributed by atoms with E-state index < -0.39 is 5.60 Å². The van der Waals surface area contributed by atoms with Crippen LogP contribution in [0.25, 0.3) is 0 Å². The van der Waals surface area contributed by atoms with Gasteiger partial charge in [-0.05, 0) is 38.0 Å². The number of nitrogens with two attached hydrogens (primary N) is 1. The summed E-state index contributed by atoms with van der Waals surface area (Å²) >= 11 is 0. The summed E-state index contributed by atoms with van der Waals surface area (Å²) in [5, 5.41) is 0. The number of rotatable bonds is 2. The molecule has 2 aliphatic rings. The highest BCUT2D eigenvalue weighted by Gasteiger charge is 2.41. The Balaban J connectivity index is 1.61. The smallest absolute Gasteiger partial charge is 0.254 e. The second-order valence-corrected chi connectivity index (χ2v) is 6.06. The maximum absolute atomic E-state index is 12.6. The third-order valence-corrected chi connectivity index (χ3v) is 4.47. The van der Waals surface area contributed by atoms with Gasteiger partial charge in [0.25, 0.3) is 5.91 Å². The van der Waals surface area contributed by atoms with Crippen LogP contribution in [0.15, 0.2) is 24.3 Å². The molecule has 0 aromatic heterocycles. The molecule has 0 saturated carbocycles. The number of nitrogens with zero attached hydrogens (tertiary/aromatic N) is 2. The zero-order valence-electron chi connectivity index (χ0n) is 12.5. The van der Waals surface area contributed by atoms with Gasteiger partial charge in [-0.25, -0.2) is 0 Å². The number of hydrogen-bond donors (Lipinski definition) is 1. The molecule has 0 bridgehead atoms. The van der Waals surface area contributed by atoms with Gasteiger partial charge in [-0.15, -0.1) is 0 Å². The molecular formula is C16H23N3O2. The van der Waals surface area contributed by atoms with Gasteiger partial charge in [-0.2, -0.15) is 0 Å². The first-order chi connectivity index (χ1) is 10.1. The Hall–Kier alpha value is -1.75. The standard InChI is InChI=1S/C16H23N3O2/c1-16(6-3-11-21-16)15(20)19-9-7-18(8-10-19)14-5-2-4-13(17)12-14/h2,4-5,12H,3,6-11,17H2,1H3. The van der Waals surface area contributed by atoms with Gasteiger partial charge >= 0.3 is 0 Å². The number of carbonyl (C=O) groups excluding carboxylic acids is 1. The van der Waals surface area contributed by atoms with E-state index in [-0.39, 0.29) is 5.91 Å². The van der Waals surface area contributed by atoms with Gasteiger partial charge in [0.15, 0.2) is 0 Å². The number of hydrogen-bond acceptors (Lipinski definition) is 4. The maximum atomic E-state index is 12.6. The molecule has 2 aliphatic heterocycles. The minimum absolute atomic E-state index is 0.146. The predicted octanol–water partition coefficient (Wildman–Crippen LogP) is 1.49. The highest BCUT2D eigenvalue weighted by Crippen LogP contribution is 2.28. The summed E-state index contributed by atoms with van der Waals surface area (Å²) in [4.78, 5) is 16.8. The molecule has 1 atom stereocenters. The van der Waals surface area contributed by atoms with E-state index in [0.717, 1.165) is 50.4 Å². The van der Waals surface area contributed by atoms with E-state index in [1.54, 1.807) is 0 Å². The molecule has 2 saturated heterocycles. The molecule has 1 aromatic carbocycles. The van der Waals surface area contributed by atoms with Crippen LogP contribution in [0.5, 0.6) is 0 Å². The Morgan fingerprint density at radius 1 is 1.29 bits per heavy atom. The first kappa shape index (κ1) is 14.2. The van der Waals surface area contributed by atoms with Gasteiger partial charge < -0.3 is 20.3 Å². The fourth-order valence-electron chi connectivity index (χ4n) is 3.17. The Bertz CT molecular complexity index is 518. The van der Waals surface area contributed by atoms with E-state index >= 15 is 0 Å². The van der Waals surface area contributed by atoms with Crippen LogP contribution in [0.4, 0.5) is 11.4 Å². The van der Waals surface area contributed by atoms with Crippen LogP contribution in [0.1, 0.15) is 19.8 Å². The Labute approximate surface area is 125 Å². The zero-order valence-corrected chi connectivity index (χ0v) is 12.5. The Kier molecular flexibility index (Phi) is 3.76. The number of amides is 1. The molecule has 0 radical (unpaired) electrons. The third-order valence-electron chi connectivity index (χ3n) is 4.47. The molecule has 2 fully saturated rings. The van der Waals surface area contributed by atoms with Crippen molar-refractivity contribution in [1.82, 2.24) is 4.90 Å². The molecule has 0 spiro atoms. The maximum Gasteiger partial charge on any atom is 0.254 e. The van der Waals surface area contributed by atoms with Crippen LogP contribution in [0.3, 0.4) is 0 Å². The topological polar surface area (TPSA) is 58.8 Å². The summed E-state index contributed by atoms with van der Waals surface area (Å²) in [6.07, 6.45) is 1.81. The van der Waals surface area contributed by atoms with Gasteiger partial charge in [0.2, 0.25) is 0 Å². The minimum atomic E-state index is -0.598. The number of nitrogen functional groups attached to an aromatic ring is 1. The summed E-state index contributed by atoms with van der Waals surface area (Å²) in [7, 11) is 0. The van der Waals surface area contributed by atoms with E-state index in [0.29, 0.717) is 6.61 Å². The molecular weight excluding hydrogens is 266 g/mol. The second kappa shape index (κ2) is 5.56. The summed E-state index contributed by atoms with van der Waals surface area (Å²) < 4.78 is 5.66. The lowest BCUT2D eigenvalue weighted by atomic mass is 10.0. The molecule has 0 aliphatic carbocycles. The van der Waals surface area contributed by atoms with E-state index in [1.165, 1.54) is 0 Å². The Morgan fingerprint density at radius 3 is 2.67 bits per heavy atom. The van der Waals surface area contributed by atoms with Gasteiger partial charge in [-0.1, -0.05) is 6.07 Å². The summed E-state index contributed by atoms with van der Waals surface area (Å²) in [5.41, 5.74) is 7.14. The normalized spacial score (nSPS) is 26.1. The van der Waals surface area contributed by atoms with Crippen molar-refractivity contribution in [3.8, 4) is 0 Å².